The van der Waals surface area contributed by atoms with Gasteiger partial charge in [-0.3, -0.25) is 11.3 Å². The zero-order valence-corrected chi connectivity index (χ0v) is 10.8. The maximum Gasteiger partial charge on any atom is 0.127 e. The Kier molecular flexibility index (Phi) is 4.16. The van der Waals surface area contributed by atoms with E-state index >= 15 is 0 Å². The summed E-state index contributed by atoms with van der Waals surface area (Å²) in [5, 5.41) is 10.2. The fourth-order valence-corrected chi connectivity index (χ4v) is 1.81. The Bertz CT molecular complexity index is 509. The molecular formula is C15H18N2O2. The first-order valence-corrected chi connectivity index (χ1v) is 6.11. The van der Waals surface area contributed by atoms with Gasteiger partial charge in [-0.25, -0.2) is 0 Å². The van der Waals surface area contributed by atoms with Gasteiger partial charge in [0.15, 0.2) is 0 Å². The maximum absolute atomic E-state index is 10.2. The molecule has 100 valence electrons. The molecule has 0 aromatic heterocycles. The monoisotopic (exact) mass is 258 g/mol. The molecule has 1 atom stereocenters. The first-order valence-electron chi connectivity index (χ1n) is 6.11. The summed E-state index contributed by atoms with van der Waals surface area (Å²) in [7, 11) is 0. The van der Waals surface area contributed by atoms with Gasteiger partial charge in [0.05, 0.1) is 0 Å². The minimum absolute atomic E-state index is 0.284. The van der Waals surface area contributed by atoms with Gasteiger partial charge in [-0.1, -0.05) is 30.3 Å². The highest BCUT2D eigenvalue weighted by Crippen LogP contribution is 2.25. The summed E-state index contributed by atoms with van der Waals surface area (Å²) in [6, 6.07) is 16.9. The molecule has 2 rings (SSSR count). The Hall–Kier alpha value is -1.88. The van der Waals surface area contributed by atoms with E-state index in [9.17, 15) is 5.11 Å². The van der Waals surface area contributed by atoms with Crippen LogP contribution in [0, 0.1) is 0 Å². The van der Waals surface area contributed by atoms with Crippen molar-refractivity contribution in [2.45, 2.75) is 12.5 Å². The van der Waals surface area contributed by atoms with Crippen molar-refractivity contribution in [1.29, 1.82) is 0 Å². The molecule has 0 amide bonds. The van der Waals surface area contributed by atoms with Crippen LogP contribution in [0.1, 0.15) is 12.5 Å². The number of hydrogen-bond acceptors (Lipinski definition) is 4. The summed E-state index contributed by atoms with van der Waals surface area (Å²) in [6.45, 7) is 1.99. The van der Waals surface area contributed by atoms with E-state index in [1.807, 2.05) is 54.6 Å². The second kappa shape index (κ2) is 5.84. The number of ether oxygens (including phenoxy) is 1. The second-order valence-corrected chi connectivity index (χ2v) is 4.59. The average Bonchev–Trinajstić information content (AvgIpc) is 2.40. The van der Waals surface area contributed by atoms with Gasteiger partial charge in [-0.2, -0.15) is 0 Å². The lowest BCUT2D eigenvalue weighted by Crippen LogP contribution is -2.38. The first kappa shape index (κ1) is 13.5. The smallest absolute Gasteiger partial charge is 0.127 e. The van der Waals surface area contributed by atoms with Gasteiger partial charge in [0, 0.05) is 6.54 Å². The van der Waals surface area contributed by atoms with Crippen molar-refractivity contribution in [3.05, 3.63) is 60.2 Å². The highest BCUT2D eigenvalue weighted by Gasteiger charge is 2.21. The van der Waals surface area contributed by atoms with Crippen LogP contribution >= 0.6 is 0 Å². The van der Waals surface area contributed by atoms with Gasteiger partial charge in [-0.05, 0) is 36.8 Å². The Morgan fingerprint density at radius 3 is 2.21 bits per heavy atom. The predicted octanol–water partition coefficient (Wildman–Crippen LogP) is 2.15. The third-order valence-electron chi connectivity index (χ3n) is 2.90. The van der Waals surface area contributed by atoms with Crippen molar-refractivity contribution in [3.8, 4) is 11.5 Å². The van der Waals surface area contributed by atoms with Crippen molar-refractivity contribution in [1.82, 2.24) is 5.43 Å². The second-order valence-electron chi connectivity index (χ2n) is 4.59. The van der Waals surface area contributed by atoms with E-state index < -0.39 is 5.60 Å². The van der Waals surface area contributed by atoms with Gasteiger partial charge in [-0.15, -0.1) is 0 Å². The van der Waals surface area contributed by atoms with Gasteiger partial charge in [0.2, 0.25) is 0 Å². The van der Waals surface area contributed by atoms with Gasteiger partial charge in [0.1, 0.15) is 17.1 Å². The summed E-state index contributed by atoms with van der Waals surface area (Å²) in [5.41, 5.74) is 2.26. The molecule has 0 aliphatic rings. The molecule has 4 nitrogen and oxygen atoms in total. The third kappa shape index (κ3) is 3.54. The van der Waals surface area contributed by atoms with Crippen LogP contribution in [0.15, 0.2) is 54.6 Å². The van der Waals surface area contributed by atoms with Crippen LogP contribution in [-0.4, -0.2) is 11.7 Å². The molecule has 0 saturated carbocycles. The van der Waals surface area contributed by atoms with Crippen LogP contribution in [0.25, 0.3) is 0 Å². The zero-order valence-electron chi connectivity index (χ0n) is 10.8. The molecule has 0 radical (unpaired) electrons. The van der Waals surface area contributed by atoms with Crippen LogP contribution in [0.4, 0.5) is 0 Å². The molecule has 2 aromatic rings. The van der Waals surface area contributed by atoms with Crippen LogP contribution in [0.5, 0.6) is 11.5 Å². The molecule has 0 aliphatic carbocycles. The Morgan fingerprint density at radius 1 is 1.05 bits per heavy atom. The molecule has 4 N–H and O–H groups in total. The minimum Gasteiger partial charge on any atom is -0.457 e. The molecule has 1 unspecified atom stereocenters. The van der Waals surface area contributed by atoms with Gasteiger partial charge >= 0.3 is 0 Å². The number of aliphatic hydroxyl groups is 1. The maximum atomic E-state index is 10.2. The van der Waals surface area contributed by atoms with Crippen LogP contribution in [-0.2, 0) is 5.60 Å². The van der Waals surface area contributed by atoms with Gasteiger partial charge < -0.3 is 9.84 Å². The third-order valence-corrected chi connectivity index (χ3v) is 2.90. The normalized spacial score (nSPS) is 13.8. The van der Waals surface area contributed by atoms with Crippen molar-refractivity contribution in [3.63, 3.8) is 0 Å². The lowest BCUT2D eigenvalue weighted by atomic mass is 9.96. The van der Waals surface area contributed by atoms with E-state index in [1.165, 1.54) is 0 Å². The molecule has 19 heavy (non-hydrogen) atoms. The zero-order chi connectivity index (χ0) is 13.7. The molecule has 0 bridgehead atoms. The molecule has 0 spiro atoms. The van der Waals surface area contributed by atoms with E-state index in [4.69, 9.17) is 10.6 Å². The summed E-state index contributed by atoms with van der Waals surface area (Å²) in [4.78, 5) is 0. The lowest BCUT2D eigenvalue weighted by Gasteiger charge is -2.23. The summed E-state index contributed by atoms with van der Waals surface area (Å²) in [6.07, 6.45) is 0. The van der Waals surface area contributed by atoms with E-state index in [2.05, 4.69) is 5.43 Å². The molecule has 0 fully saturated rings. The van der Waals surface area contributed by atoms with Crippen LogP contribution in [0.3, 0.4) is 0 Å². The Balaban J connectivity index is 2.11. The fourth-order valence-electron chi connectivity index (χ4n) is 1.81. The average molecular weight is 258 g/mol. The number of para-hydroxylation sites is 1. The number of nitrogens with two attached hydrogens (primary N) is 1. The highest BCUT2D eigenvalue weighted by atomic mass is 16.5. The van der Waals surface area contributed by atoms with Crippen LogP contribution in [0.2, 0.25) is 0 Å². The summed E-state index contributed by atoms with van der Waals surface area (Å²) in [5.74, 6) is 6.76. The van der Waals surface area contributed by atoms with Crippen molar-refractivity contribution >= 4 is 0 Å². The molecular weight excluding hydrogens is 240 g/mol. The quantitative estimate of drug-likeness (QED) is 0.568. The summed E-state index contributed by atoms with van der Waals surface area (Å²) >= 11 is 0. The molecule has 2 aromatic carbocycles. The number of rotatable bonds is 5. The number of benzene rings is 2. The Labute approximate surface area is 112 Å². The summed E-state index contributed by atoms with van der Waals surface area (Å²) < 4.78 is 5.68. The first-order chi connectivity index (χ1) is 9.12. The van der Waals surface area contributed by atoms with E-state index in [0.29, 0.717) is 0 Å². The standard InChI is InChI=1S/C15H18N2O2/c1-15(18,11-17-16)12-7-9-14(10-8-12)19-13-5-3-2-4-6-13/h2-10,17-18H,11,16H2,1H3. The lowest BCUT2D eigenvalue weighted by molar-refractivity contribution is 0.0572. The molecule has 0 aliphatic heterocycles. The molecule has 4 heteroatoms. The largest absolute Gasteiger partial charge is 0.457 e. The fraction of sp³-hybridized carbons (Fsp3) is 0.200. The Morgan fingerprint density at radius 2 is 1.63 bits per heavy atom. The minimum atomic E-state index is -1.000. The number of hydrogen-bond donors (Lipinski definition) is 3. The van der Waals surface area contributed by atoms with Crippen molar-refractivity contribution in [2.24, 2.45) is 5.84 Å². The van der Waals surface area contributed by atoms with Gasteiger partial charge in [0.25, 0.3) is 0 Å². The van der Waals surface area contributed by atoms with Crippen molar-refractivity contribution in [2.75, 3.05) is 6.54 Å². The van der Waals surface area contributed by atoms with E-state index in [-0.39, 0.29) is 6.54 Å². The molecule has 0 saturated heterocycles. The predicted molar refractivity (Wildman–Crippen MR) is 74.7 cm³/mol. The number of nitrogens with one attached hydrogen (secondary N) is 1. The molecule has 0 heterocycles. The van der Waals surface area contributed by atoms with E-state index in [0.717, 1.165) is 17.1 Å². The van der Waals surface area contributed by atoms with E-state index in [1.54, 1.807) is 6.92 Å². The highest BCUT2D eigenvalue weighted by molar-refractivity contribution is 5.34. The SMILES string of the molecule is CC(O)(CNN)c1ccc(Oc2ccccc2)cc1. The van der Waals surface area contributed by atoms with Crippen molar-refractivity contribution < 1.29 is 9.84 Å². The number of hydrazine groups is 1. The van der Waals surface area contributed by atoms with Crippen LogP contribution < -0.4 is 16.0 Å². The topological polar surface area (TPSA) is 67.5 Å².